The molecule has 0 spiro atoms. The summed E-state index contributed by atoms with van der Waals surface area (Å²) in [6.07, 6.45) is 1.50. The van der Waals surface area contributed by atoms with Crippen molar-refractivity contribution in [3.05, 3.63) is 72.1 Å². The Bertz CT molecular complexity index is 1140. The van der Waals surface area contributed by atoms with E-state index in [4.69, 9.17) is 4.74 Å². The van der Waals surface area contributed by atoms with E-state index in [2.05, 4.69) is 20.4 Å². The first-order chi connectivity index (χ1) is 13.7. The van der Waals surface area contributed by atoms with Gasteiger partial charge in [0, 0.05) is 0 Å². The second-order valence-corrected chi connectivity index (χ2v) is 6.15. The molecule has 2 heterocycles. The minimum absolute atomic E-state index is 0.281. The number of nitrogens with one attached hydrogen (secondary N) is 1. The Morgan fingerprint density at radius 1 is 1.04 bits per heavy atom. The zero-order valence-corrected chi connectivity index (χ0v) is 15.6. The van der Waals surface area contributed by atoms with Gasteiger partial charge < -0.3 is 10.1 Å². The number of benzene rings is 2. The van der Waals surface area contributed by atoms with Crippen molar-refractivity contribution in [1.29, 1.82) is 0 Å². The Morgan fingerprint density at radius 2 is 1.71 bits per heavy atom. The van der Waals surface area contributed by atoms with Gasteiger partial charge >= 0.3 is 5.97 Å². The summed E-state index contributed by atoms with van der Waals surface area (Å²) in [5.41, 5.74) is 3.44. The van der Waals surface area contributed by atoms with E-state index in [1.54, 1.807) is 11.6 Å². The number of nitrogens with zero attached hydrogens (tertiary/aromatic N) is 4. The molecule has 2 aromatic heterocycles. The quantitative estimate of drug-likeness (QED) is 0.532. The molecule has 0 fully saturated rings. The SMILES string of the molecule is CCOC(=O)c1cnn(-c2ccccc2)c1Nc1nc2ccccc2nc1C. The lowest BCUT2D eigenvalue weighted by atomic mass is 10.2. The van der Waals surface area contributed by atoms with Crippen LogP contribution in [-0.2, 0) is 4.74 Å². The maximum atomic E-state index is 12.4. The molecular formula is C21H19N5O2. The van der Waals surface area contributed by atoms with Crippen molar-refractivity contribution in [2.24, 2.45) is 0 Å². The monoisotopic (exact) mass is 373 g/mol. The van der Waals surface area contributed by atoms with E-state index in [0.29, 0.717) is 22.9 Å². The van der Waals surface area contributed by atoms with Crippen LogP contribution in [0.25, 0.3) is 16.7 Å². The molecule has 140 valence electrons. The highest BCUT2D eigenvalue weighted by Gasteiger charge is 2.21. The van der Waals surface area contributed by atoms with Crippen LogP contribution in [0.4, 0.5) is 11.6 Å². The van der Waals surface area contributed by atoms with Crippen molar-refractivity contribution in [3.63, 3.8) is 0 Å². The molecule has 0 saturated carbocycles. The van der Waals surface area contributed by atoms with Gasteiger partial charge in [-0.2, -0.15) is 5.10 Å². The number of hydrogen-bond acceptors (Lipinski definition) is 6. The fourth-order valence-electron chi connectivity index (χ4n) is 2.91. The largest absolute Gasteiger partial charge is 0.462 e. The molecular weight excluding hydrogens is 354 g/mol. The van der Waals surface area contributed by atoms with Crippen molar-refractivity contribution in [2.45, 2.75) is 13.8 Å². The summed E-state index contributed by atoms with van der Waals surface area (Å²) in [7, 11) is 0. The summed E-state index contributed by atoms with van der Waals surface area (Å²) in [6.45, 7) is 3.92. The number of aryl methyl sites for hydroxylation is 1. The van der Waals surface area contributed by atoms with Gasteiger partial charge in [0.05, 0.1) is 35.2 Å². The molecule has 0 amide bonds. The Hall–Kier alpha value is -3.74. The number of hydrogen-bond donors (Lipinski definition) is 1. The number of carbonyl (C=O) groups excluding carboxylic acids is 1. The Kier molecular flexibility index (Phi) is 4.72. The summed E-state index contributed by atoms with van der Waals surface area (Å²) in [6, 6.07) is 17.2. The molecule has 0 saturated heterocycles. The molecule has 4 aromatic rings. The normalized spacial score (nSPS) is 10.8. The Labute approximate surface area is 162 Å². The Balaban J connectivity index is 1.82. The maximum Gasteiger partial charge on any atom is 0.343 e. The average molecular weight is 373 g/mol. The molecule has 0 aliphatic heterocycles. The molecule has 0 aliphatic rings. The third-order valence-corrected chi connectivity index (χ3v) is 4.25. The highest BCUT2D eigenvalue weighted by Crippen LogP contribution is 2.26. The molecule has 1 N–H and O–H groups in total. The van der Waals surface area contributed by atoms with Gasteiger partial charge in [0.25, 0.3) is 0 Å². The number of para-hydroxylation sites is 3. The number of aromatic nitrogens is 4. The minimum Gasteiger partial charge on any atom is -0.462 e. The predicted octanol–water partition coefficient (Wildman–Crippen LogP) is 4.04. The van der Waals surface area contributed by atoms with Gasteiger partial charge in [-0.25, -0.2) is 19.4 Å². The summed E-state index contributed by atoms with van der Waals surface area (Å²) < 4.78 is 6.84. The van der Waals surface area contributed by atoms with Crippen LogP contribution in [0.15, 0.2) is 60.8 Å². The zero-order valence-electron chi connectivity index (χ0n) is 15.6. The molecule has 0 aliphatic carbocycles. The summed E-state index contributed by atoms with van der Waals surface area (Å²) in [5, 5.41) is 7.63. The molecule has 0 radical (unpaired) electrons. The van der Waals surface area contributed by atoms with Crippen LogP contribution in [0.1, 0.15) is 23.0 Å². The lowest BCUT2D eigenvalue weighted by Crippen LogP contribution is -2.11. The topological polar surface area (TPSA) is 81.9 Å². The number of anilines is 2. The second kappa shape index (κ2) is 7.48. The van der Waals surface area contributed by atoms with E-state index in [0.717, 1.165) is 16.7 Å². The second-order valence-electron chi connectivity index (χ2n) is 6.15. The molecule has 4 rings (SSSR count). The van der Waals surface area contributed by atoms with Crippen LogP contribution in [0, 0.1) is 6.92 Å². The van der Waals surface area contributed by atoms with Crippen molar-refractivity contribution in [2.75, 3.05) is 11.9 Å². The number of ether oxygens (including phenoxy) is 1. The van der Waals surface area contributed by atoms with Crippen LogP contribution < -0.4 is 5.32 Å². The molecule has 0 unspecified atom stereocenters. The van der Waals surface area contributed by atoms with Crippen LogP contribution in [0.2, 0.25) is 0 Å². The maximum absolute atomic E-state index is 12.4. The summed E-state index contributed by atoms with van der Waals surface area (Å²) in [5.74, 6) is 0.595. The van der Waals surface area contributed by atoms with E-state index in [1.165, 1.54) is 6.20 Å². The summed E-state index contributed by atoms with van der Waals surface area (Å²) >= 11 is 0. The van der Waals surface area contributed by atoms with Gasteiger partial charge in [0.15, 0.2) is 5.82 Å². The van der Waals surface area contributed by atoms with Gasteiger partial charge in [-0.05, 0) is 38.1 Å². The van der Waals surface area contributed by atoms with E-state index < -0.39 is 5.97 Å². The third-order valence-electron chi connectivity index (χ3n) is 4.25. The van der Waals surface area contributed by atoms with Gasteiger partial charge in [-0.3, -0.25) is 0 Å². The van der Waals surface area contributed by atoms with Crippen LogP contribution in [0.3, 0.4) is 0 Å². The van der Waals surface area contributed by atoms with E-state index in [9.17, 15) is 4.79 Å². The fraction of sp³-hybridized carbons (Fsp3) is 0.143. The number of rotatable bonds is 5. The summed E-state index contributed by atoms with van der Waals surface area (Å²) in [4.78, 5) is 21.7. The number of esters is 1. The predicted molar refractivity (Wildman–Crippen MR) is 107 cm³/mol. The first-order valence-electron chi connectivity index (χ1n) is 8.98. The van der Waals surface area contributed by atoms with E-state index in [-0.39, 0.29) is 6.61 Å². The Morgan fingerprint density at radius 3 is 2.43 bits per heavy atom. The lowest BCUT2D eigenvalue weighted by molar-refractivity contribution is 0.0527. The third kappa shape index (κ3) is 3.29. The van der Waals surface area contributed by atoms with Crippen molar-refractivity contribution in [3.8, 4) is 5.69 Å². The van der Waals surface area contributed by atoms with Crippen molar-refractivity contribution in [1.82, 2.24) is 19.7 Å². The molecule has 7 heteroatoms. The number of carbonyl (C=O) groups is 1. The fourth-order valence-corrected chi connectivity index (χ4v) is 2.91. The zero-order chi connectivity index (χ0) is 19.5. The van der Waals surface area contributed by atoms with Gasteiger partial charge in [0.2, 0.25) is 0 Å². The van der Waals surface area contributed by atoms with E-state index in [1.807, 2.05) is 61.5 Å². The van der Waals surface area contributed by atoms with Gasteiger partial charge in [-0.1, -0.05) is 30.3 Å². The van der Waals surface area contributed by atoms with Gasteiger partial charge in [-0.15, -0.1) is 0 Å². The molecule has 2 aromatic carbocycles. The highest BCUT2D eigenvalue weighted by molar-refractivity contribution is 5.96. The molecule has 28 heavy (non-hydrogen) atoms. The first kappa shape index (κ1) is 17.7. The van der Waals surface area contributed by atoms with Crippen LogP contribution in [-0.4, -0.2) is 32.3 Å². The molecule has 7 nitrogen and oxygen atoms in total. The number of fused-ring (bicyclic) bond motifs is 1. The smallest absolute Gasteiger partial charge is 0.343 e. The van der Waals surface area contributed by atoms with Crippen molar-refractivity contribution < 1.29 is 9.53 Å². The highest BCUT2D eigenvalue weighted by atomic mass is 16.5. The molecule has 0 atom stereocenters. The average Bonchev–Trinajstić information content (AvgIpc) is 3.13. The van der Waals surface area contributed by atoms with Crippen LogP contribution in [0.5, 0.6) is 0 Å². The standard InChI is InChI=1S/C21H19N5O2/c1-3-28-21(27)16-13-22-26(15-9-5-4-6-10-15)20(16)25-19-14(2)23-17-11-7-8-12-18(17)24-19/h4-13H,3H2,1-2H3,(H,24,25). The van der Waals surface area contributed by atoms with Gasteiger partial charge in [0.1, 0.15) is 11.4 Å². The van der Waals surface area contributed by atoms with Crippen LogP contribution >= 0.6 is 0 Å². The van der Waals surface area contributed by atoms with E-state index >= 15 is 0 Å². The lowest BCUT2D eigenvalue weighted by Gasteiger charge is -2.13. The minimum atomic E-state index is -0.446. The molecule has 0 bridgehead atoms. The first-order valence-corrected chi connectivity index (χ1v) is 8.98. The van der Waals surface area contributed by atoms with Crippen molar-refractivity contribution >= 4 is 28.6 Å².